The number of hydrogen-bond acceptors (Lipinski definition) is 2. The summed E-state index contributed by atoms with van der Waals surface area (Å²) in [6, 6.07) is 16.5. The number of H-pyrrole nitrogens is 1. The normalized spacial score (nSPS) is 14.2. The third kappa shape index (κ3) is 3.96. The van der Waals surface area contributed by atoms with Gasteiger partial charge in [-0.15, -0.1) is 0 Å². The number of benzene rings is 2. The van der Waals surface area contributed by atoms with Crippen molar-refractivity contribution in [3.8, 4) is 5.75 Å². The van der Waals surface area contributed by atoms with E-state index in [0.29, 0.717) is 13.0 Å². The van der Waals surface area contributed by atoms with Gasteiger partial charge in [0, 0.05) is 36.6 Å². The topological polar surface area (TPSA) is 45.3 Å². The van der Waals surface area contributed by atoms with Crippen molar-refractivity contribution in [2.75, 3.05) is 20.2 Å². The van der Waals surface area contributed by atoms with E-state index in [2.05, 4.69) is 47.6 Å². The molecule has 1 aliphatic rings. The number of aromatic amines is 1. The number of nitrogens with one attached hydrogen (secondary N) is 1. The molecule has 2 heterocycles. The molecule has 0 saturated carbocycles. The first-order chi connectivity index (χ1) is 13.7. The first-order valence-corrected chi connectivity index (χ1v) is 9.91. The van der Waals surface area contributed by atoms with Crippen LogP contribution in [0.3, 0.4) is 0 Å². The van der Waals surface area contributed by atoms with Crippen molar-refractivity contribution >= 4 is 22.4 Å². The lowest BCUT2D eigenvalue weighted by molar-refractivity contribution is -0.130. The third-order valence-corrected chi connectivity index (χ3v) is 5.53. The van der Waals surface area contributed by atoms with Gasteiger partial charge < -0.3 is 14.6 Å². The molecule has 0 atom stereocenters. The number of aromatic nitrogens is 1. The largest absolute Gasteiger partial charge is 0.497 e. The fourth-order valence-corrected chi connectivity index (χ4v) is 3.89. The quantitative estimate of drug-likeness (QED) is 0.673. The predicted molar refractivity (Wildman–Crippen MR) is 113 cm³/mol. The molecular weight excluding hydrogens is 348 g/mol. The number of aryl methyl sites for hydroxylation is 1. The molecule has 1 aromatic heterocycles. The first-order valence-electron chi connectivity index (χ1n) is 9.91. The van der Waals surface area contributed by atoms with Crippen LogP contribution in [0, 0.1) is 0 Å². The Labute approximate surface area is 165 Å². The van der Waals surface area contributed by atoms with Gasteiger partial charge in [-0.2, -0.15) is 0 Å². The van der Waals surface area contributed by atoms with Gasteiger partial charge in [-0.3, -0.25) is 4.79 Å². The van der Waals surface area contributed by atoms with E-state index >= 15 is 0 Å². The van der Waals surface area contributed by atoms with Gasteiger partial charge in [-0.25, -0.2) is 0 Å². The molecule has 0 bridgehead atoms. The number of carbonyl (C=O) groups excluding carboxylic acids is 1. The molecule has 4 nitrogen and oxygen atoms in total. The first kappa shape index (κ1) is 18.4. The maximum atomic E-state index is 12.6. The lowest BCUT2D eigenvalue weighted by atomic mass is 9.99. The van der Waals surface area contributed by atoms with Crippen LogP contribution in [-0.4, -0.2) is 36.0 Å². The molecule has 144 valence electrons. The Morgan fingerprint density at radius 2 is 1.96 bits per heavy atom. The molecular formula is C24H26N2O2. The van der Waals surface area contributed by atoms with E-state index in [1.165, 1.54) is 22.1 Å². The van der Waals surface area contributed by atoms with Gasteiger partial charge in [0.2, 0.25) is 5.91 Å². The number of carbonyl (C=O) groups is 1. The number of methoxy groups -OCH3 is 1. The van der Waals surface area contributed by atoms with Crippen LogP contribution in [0.15, 0.2) is 60.8 Å². The third-order valence-electron chi connectivity index (χ3n) is 5.53. The Hall–Kier alpha value is -3.01. The number of rotatable bonds is 6. The van der Waals surface area contributed by atoms with Gasteiger partial charge in [0.05, 0.1) is 7.11 Å². The Morgan fingerprint density at radius 3 is 2.71 bits per heavy atom. The van der Waals surface area contributed by atoms with Crippen LogP contribution < -0.4 is 4.74 Å². The summed E-state index contributed by atoms with van der Waals surface area (Å²) in [6.07, 6.45) is 7.57. The lowest BCUT2D eigenvalue weighted by Crippen LogP contribution is -2.34. The van der Waals surface area contributed by atoms with Crippen LogP contribution in [0.25, 0.3) is 16.5 Å². The van der Waals surface area contributed by atoms with Gasteiger partial charge in [0.15, 0.2) is 0 Å². The monoisotopic (exact) mass is 374 g/mol. The average Bonchev–Trinajstić information content (AvgIpc) is 3.17. The fourth-order valence-electron chi connectivity index (χ4n) is 3.89. The van der Waals surface area contributed by atoms with Crippen molar-refractivity contribution in [1.29, 1.82) is 0 Å². The number of hydrogen-bond donors (Lipinski definition) is 1. The number of ether oxygens (including phenoxy) is 1. The van der Waals surface area contributed by atoms with Crippen molar-refractivity contribution in [2.24, 2.45) is 0 Å². The summed E-state index contributed by atoms with van der Waals surface area (Å²) >= 11 is 0. The minimum absolute atomic E-state index is 0.255. The maximum absolute atomic E-state index is 12.6. The Kier molecular flexibility index (Phi) is 5.47. The smallest absolute Gasteiger partial charge is 0.222 e. The molecule has 0 unspecified atom stereocenters. The van der Waals surface area contributed by atoms with Crippen molar-refractivity contribution in [1.82, 2.24) is 9.88 Å². The van der Waals surface area contributed by atoms with E-state index in [9.17, 15) is 4.79 Å². The second kappa shape index (κ2) is 8.34. The summed E-state index contributed by atoms with van der Waals surface area (Å²) in [5.74, 6) is 1.12. The van der Waals surface area contributed by atoms with Crippen LogP contribution in [0.2, 0.25) is 0 Å². The highest BCUT2D eigenvalue weighted by Gasteiger charge is 2.17. The minimum Gasteiger partial charge on any atom is -0.497 e. The minimum atomic E-state index is 0.255. The molecule has 28 heavy (non-hydrogen) atoms. The van der Waals surface area contributed by atoms with E-state index < -0.39 is 0 Å². The van der Waals surface area contributed by atoms with E-state index in [1.54, 1.807) is 7.11 Å². The number of amides is 1. The highest BCUT2D eigenvalue weighted by atomic mass is 16.5. The molecule has 1 N–H and O–H groups in total. The summed E-state index contributed by atoms with van der Waals surface area (Å²) in [5.41, 5.74) is 4.98. The van der Waals surface area contributed by atoms with Gasteiger partial charge in [0.25, 0.3) is 0 Å². The van der Waals surface area contributed by atoms with Crippen molar-refractivity contribution in [3.63, 3.8) is 0 Å². The molecule has 1 aliphatic heterocycles. The second-order valence-corrected chi connectivity index (χ2v) is 7.26. The maximum Gasteiger partial charge on any atom is 0.222 e. The molecule has 0 spiro atoms. The Bertz CT molecular complexity index is 985. The van der Waals surface area contributed by atoms with Gasteiger partial charge >= 0.3 is 0 Å². The summed E-state index contributed by atoms with van der Waals surface area (Å²) in [4.78, 5) is 17.9. The molecule has 0 saturated heterocycles. The average molecular weight is 374 g/mol. The Morgan fingerprint density at radius 1 is 1.14 bits per heavy atom. The summed E-state index contributed by atoms with van der Waals surface area (Å²) < 4.78 is 5.22. The lowest BCUT2D eigenvalue weighted by Gasteiger charge is -2.27. The van der Waals surface area contributed by atoms with E-state index in [0.717, 1.165) is 37.1 Å². The number of para-hydroxylation sites is 1. The molecule has 0 aliphatic carbocycles. The zero-order valence-corrected chi connectivity index (χ0v) is 16.3. The van der Waals surface area contributed by atoms with E-state index in [1.807, 2.05) is 23.1 Å². The van der Waals surface area contributed by atoms with Crippen molar-refractivity contribution in [2.45, 2.75) is 25.7 Å². The summed E-state index contributed by atoms with van der Waals surface area (Å²) in [5, 5.41) is 1.26. The molecule has 0 radical (unpaired) electrons. The van der Waals surface area contributed by atoms with Crippen molar-refractivity contribution < 1.29 is 9.53 Å². The molecule has 0 fully saturated rings. The zero-order valence-electron chi connectivity index (χ0n) is 16.3. The SMILES string of the molecule is COc1ccc(C2=CCN(C(=O)CCCc3c[nH]c4ccccc34)CC2)cc1. The summed E-state index contributed by atoms with van der Waals surface area (Å²) in [6.45, 7) is 1.50. The highest BCUT2D eigenvalue weighted by Crippen LogP contribution is 2.25. The molecule has 3 aromatic rings. The van der Waals surface area contributed by atoms with Gasteiger partial charge in [0.1, 0.15) is 5.75 Å². The molecule has 4 rings (SSSR count). The van der Waals surface area contributed by atoms with Crippen LogP contribution in [0.5, 0.6) is 5.75 Å². The van der Waals surface area contributed by atoms with Gasteiger partial charge in [-0.05, 0) is 54.2 Å². The zero-order chi connectivity index (χ0) is 19.3. The van der Waals surface area contributed by atoms with Crippen LogP contribution in [0.4, 0.5) is 0 Å². The molecule has 1 amide bonds. The van der Waals surface area contributed by atoms with Crippen LogP contribution >= 0.6 is 0 Å². The van der Waals surface area contributed by atoms with Crippen molar-refractivity contribution in [3.05, 3.63) is 71.9 Å². The van der Waals surface area contributed by atoms with Gasteiger partial charge in [-0.1, -0.05) is 36.4 Å². The second-order valence-electron chi connectivity index (χ2n) is 7.26. The highest BCUT2D eigenvalue weighted by molar-refractivity contribution is 5.83. The van der Waals surface area contributed by atoms with E-state index in [-0.39, 0.29) is 5.91 Å². The van der Waals surface area contributed by atoms with Crippen LogP contribution in [0.1, 0.15) is 30.4 Å². The summed E-state index contributed by atoms with van der Waals surface area (Å²) in [7, 11) is 1.68. The standard InChI is InChI=1S/C24H26N2O2/c1-28-21-11-9-18(10-12-21)19-13-15-26(16-14-19)24(27)8-4-5-20-17-25-23-7-3-2-6-22(20)23/h2-3,6-7,9-13,17,25H,4-5,8,14-16H2,1H3. The number of fused-ring (bicyclic) bond motifs is 1. The predicted octanol–water partition coefficient (Wildman–Crippen LogP) is 4.82. The Balaban J connectivity index is 1.29. The van der Waals surface area contributed by atoms with E-state index in [4.69, 9.17) is 4.74 Å². The number of nitrogens with zero attached hydrogens (tertiary/aromatic N) is 1. The fraction of sp³-hybridized carbons (Fsp3) is 0.292. The molecule has 4 heteroatoms. The molecule has 2 aromatic carbocycles. The van der Waals surface area contributed by atoms with Crippen LogP contribution in [-0.2, 0) is 11.2 Å².